The monoisotopic (exact) mass is 326 g/mol. The fourth-order valence-electron chi connectivity index (χ4n) is 3.34. The van der Waals surface area contributed by atoms with Gasteiger partial charge in [0.25, 0.3) is 0 Å². The van der Waals surface area contributed by atoms with Crippen LogP contribution in [0.3, 0.4) is 0 Å². The number of aliphatic hydroxyl groups is 1. The van der Waals surface area contributed by atoms with Crippen LogP contribution in [0.2, 0.25) is 0 Å². The van der Waals surface area contributed by atoms with Gasteiger partial charge >= 0.3 is 0 Å². The average molecular weight is 326 g/mol. The van der Waals surface area contributed by atoms with Crippen LogP contribution in [-0.2, 0) is 0 Å². The highest BCUT2D eigenvalue weighted by Gasteiger charge is 2.26. The minimum atomic E-state index is -0.859. The summed E-state index contributed by atoms with van der Waals surface area (Å²) in [6.45, 7) is 2.74. The van der Waals surface area contributed by atoms with Crippen LogP contribution in [-0.4, -0.2) is 18.3 Å². The molecule has 1 aromatic rings. The molecule has 1 aliphatic carbocycles. The molecule has 2 nitrogen and oxygen atoms in total. The van der Waals surface area contributed by atoms with Gasteiger partial charge in [0, 0.05) is 6.61 Å². The van der Waals surface area contributed by atoms with Gasteiger partial charge in [0.05, 0.1) is 6.61 Å². The molecule has 1 N–H and O–H groups in total. The van der Waals surface area contributed by atoms with Crippen molar-refractivity contribution >= 4 is 0 Å². The summed E-state index contributed by atoms with van der Waals surface area (Å²) in [6.07, 6.45) is 7.54. The first-order chi connectivity index (χ1) is 11.2. The molecular weight excluding hydrogens is 298 g/mol. The smallest absolute Gasteiger partial charge is 0.200 e. The Kier molecular flexibility index (Phi) is 7.28. The first kappa shape index (κ1) is 18.2. The molecule has 0 spiro atoms. The van der Waals surface area contributed by atoms with E-state index in [1.807, 2.05) is 0 Å². The van der Waals surface area contributed by atoms with E-state index in [0.29, 0.717) is 18.1 Å². The van der Waals surface area contributed by atoms with Crippen molar-refractivity contribution in [1.29, 1.82) is 0 Å². The number of ether oxygens (including phenoxy) is 1. The first-order valence-electron chi connectivity index (χ1n) is 8.88. The Balaban J connectivity index is 1.94. The number of hydrogen-bond donors (Lipinski definition) is 1. The molecule has 0 amide bonds. The molecule has 23 heavy (non-hydrogen) atoms. The molecule has 0 radical (unpaired) electrons. The van der Waals surface area contributed by atoms with E-state index in [1.54, 1.807) is 12.1 Å². The minimum Gasteiger partial charge on any atom is -0.490 e. The van der Waals surface area contributed by atoms with Gasteiger partial charge in [0.2, 0.25) is 5.82 Å². The second-order valence-electron chi connectivity index (χ2n) is 6.59. The molecule has 0 saturated heterocycles. The van der Waals surface area contributed by atoms with E-state index in [-0.39, 0.29) is 18.3 Å². The second-order valence-corrected chi connectivity index (χ2v) is 6.59. The van der Waals surface area contributed by atoms with Crippen LogP contribution in [0.25, 0.3) is 0 Å². The lowest BCUT2D eigenvalue weighted by molar-refractivity contribution is 0.181. The number of rotatable bonds is 8. The number of unbranched alkanes of at least 4 members (excludes halogenated alkanes) is 3. The lowest BCUT2D eigenvalue weighted by Gasteiger charge is -2.28. The fraction of sp³-hybridized carbons (Fsp3) is 0.684. The number of benzene rings is 1. The molecule has 0 aromatic heterocycles. The quantitative estimate of drug-likeness (QED) is 0.666. The molecule has 2 rings (SSSR count). The van der Waals surface area contributed by atoms with Crippen molar-refractivity contribution in [3.8, 4) is 5.75 Å². The third kappa shape index (κ3) is 4.90. The summed E-state index contributed by atoms with van der Waals surface area (Å²) in [7, 11) is 0. The van der Waals surface area contributed by atoms with Gasteiger partial charge < -0.3 is 9.84 Å². The van der Waals surface area contributed by atoms with E-state index in [2.05, 4.69) is 6.92 Å². The molecule has 4 heteroatoms. The zero-order valence-corrected chi connectivity index (χ0v) is 14.0. The molecule has 0 atom stereocenters. The molecule has 1 aliphatic rings. The van der Waals surface area contributed by atoms with Crippen molar-refractivity contribution in [1.82, 2.24) is 0 Å². The molecule has 0 bridgehead atoms. The number of hydrogen-bond acceptors (Lipinski definition) is 2. The lowest BCUT2D eigenvalue weighted by atomic mass is 9.79. The maximum atomic E-state index is 14.4. The standard InChI is InChI=1S/C19H28F2O2/c1-2-3-4-5-12-23-17-11-10-16(18(20)19(17)21)15-8-6-14(13-22)7-9-15/h10-11,14-15,22H,2-9,12-13H2,1H3/t14-,15-. The summed E-state index contributed by atoms with van der Waals surface area (Å²) >= 11 is 0. The van der Waals surface area contributed by atoms with E-state index in [4.69, 9.17) is 9.84 Å². The number of halogens is 2. The van der Waals surface area contributed by atoms with Crippen LogP contribution >= 0.6 is 0 Å². The van der Waals surface area contributed by atoms with Gasteiger partial charge in [-0.15, -0.1) is 0 Å². The van der Waals surface area contributed by atoms with Crippen molar-refractivity contribution in [2.24, 2.45) is 5.92 Å². The molecule has 0 heterocycles. The van der Waals surface area contributed by atoms with Crippen LogP contribution in [0.4, 0.5) is 8.78 Å². The van der Waals surface area contributed by atoms with E-state index < -0.39 is 11.6 Å². The Labute approximate surface area is 137 Å². The van der Waals surface area contributed by atoms with Gasteiger partial charge in [-0.05, 0) is 55.6 Å². The highest BCUT2D eigenvalue weighted by molar-refractivity contribution is 5.33. The van der Waals surface area contributed by atoms with Crippen LogP contribution in [0, 0.1) is 17.6 Å². The van der Waals surface area contributed by atoms with Gasteiger partial charge in [-0.2, -0.15) is 4.39 Å². The van der Waals surface area contributed by atoms with Crippen molar-refractivity contribution in [2.75, 3.05) is 13.2 Å². The van der Waals surface area contributed by atoms with Crippen molar-refractivity contribution in [2.45, 2.75) is 64.2 Å². The minimum absolute atomic E-state index is 0.0202. The summed E-state index contributed by atoms with van der Waals surface area (Å²) in [6, 6.07) is 3.23. The first-order valence-corrected chi connectivity index (χ1v) is 8.88. The van der Waals surface area contributed by atoms with Crippen LogP contribution in [0.5, 0.6) is 5.75 Å². The van der Waals surface area contributed by atoms with E-state index in [1.165, 1.54) is 0 Å². The average Bonchev–Trinajstić information content (AvgIpc) is 2.58. The zero-order valence-electron chi connectivity index (χ0n) is 14.0. The summed E-state index contributed by atoms with van der Waals surface area (Å²) in [5.41, 5.74) is 0.456. The van der Waals surface area contributed by atoms with E-state index in [0.717, 1.165) is 51.4 Å². The van der Waals surface area contributed by atoms with Gasteiger partial charge in [-0.3, -0.25) is 0 Å². The Hall–Kier alpha value is -1.16. The second kappa shape index (κ2) is 9.21. The van der Waals surface area contributed by atoms with Crippen LogP contribution < -0.4 is 4.74 Å². The highest BCUT2D eigenvalue weighted by Crippen LogP contribution is 2.38. The molecular formula is C19H28F2O2. The molecule has 0 unspecified atom stereocenters. The predicted molar refractivity (Wildman–Crippen MR) is 87.8 cm³/mol. The zero-order chi connectivity index (χ0) is 16.7. The van der Waals surface area contributed by atoms with Gasteiger partial charge in [-0.1, -0.05) is 32.3 Å². The Morgan fingerprint density at radius 2 is 1.78 bits per heavy atom. The molecule has 0 aliphatic heterocycles. The summed E-state index contributed by atoms with van der Waals surface area (Å²) < 4.78 is 33.9. The van der Waals surface area contributed by atoms with Crippen LogP contribution in [0.1, 0.15) is 69.8 Å². The molecule has 1 aromatic carbocycles. The molecule has 1 saturated carbocycles. The topological polar surface area (TPSA) is 29.5 Å². The van der Waals surface area contributed by atoms with Gasteiger partial charge in [0.1, 0.15) is 0 Å². The molecule has 130 valence electrons. The van der Waals surface area contributed by atoms with Gasteiger partial charge in [-0.25, -0.2) is 4.39 Å². The normalized spacial score (nSPS) is 21.4. The maximum absolute atomic E-state index is 14.4. The fourth-order valence-corrected chi connectivity index (χ4v) is 3.34. The Morgan fingerprint density at radius 3 is 2.43 bits per heavy atom. The Bertz CT molecular complexity index is 483. The van der Waals surface area contributed by atoms with Crippen LogP contribution in [0.15, 0.2) is 12.1 Å². The van der Waals surface area contributed by atoms with Gasteiger partial charge in [0.15, 0.2) is 11.6 Å². The lowest BCUT2D eigenvalue weighted by Crippen LogP contribution is -2.17. The maximum Gasteiger partial charge on any atom is 0.200 e. The van der Waals surface area contributed by atoms with Crippen molar-refractivity contribution in [3.05, 3.63) is 29.3 Å². The highest BCUT2D eigenvalue weighted by atomic mass is 19.2. The van der Waals surface area contributed by atoms with E-state index >= 15 is 0 Å². The summed E-state index contributed by atoms with van der Waals surface area (Å²) in [5.74, 6) is -1.24. The summed E-state index contributed by atoms with van der Waals surface area (Å²) in [5, 5.41) is 9.17. The SMILES string of the molecule is CCCCCCOc1ccc([C@H]2CC[C@H](CO)CC2)c(F)c1F. The largest absolute Gasteiger partial charge is 0.490 e. The summed E-state index contributed by atoms with van der Waals surface area (Å²) in [4.78, 5) is 0. The third-order valence-electron chi connectivity index (χ3n) is 4.88. The van der Waals surface area contributed by atoms with E-state index in [9.17, 15) is 8.78 Å². The third-order valence-corrected chi connectivity index (χ3v) is 4.88. The predicted octanol–water partition coefficient (Wildman–Crippen LogP) is 5.19. The number of aliphatic hydroxyl groups excluding tert-OH is 1. The molecule has 1 fully saturated rings. The van der Waals surface area contributed by atoms with Crippen molar-refractivity contribution in [3.63, 3.8) is 0 Å². The van der Waals surface area contributed by atoms with Crippen molar-refractivity contribution < 1.29 is 18.6 Å². The Morgan fingerprint density at radius 1 is 1.04 bits per heavy atom.